The van der Waals surface area contributed by atoms with E-state index in [2.05, 4.69) is 0 Å². The van der Waals surface area contributed by atoms with Crippen LogP contribution in [-0.2, 0) is 11.2 Å². The first kappa shape index (κ1) is 12.9. The lowest BCUT2D eigenvalue weighted by Crippen LogP contribution is -2.46. The molecule has 18 heavy (non-hydrogen) atoms. The average Bonchev–Trinajstić information content (AvgIpc) is 2.32. The maximum atomic E-state index is 12.1. The minimum absolute atomic E-state index is 0.00606. The highest BCUT2D eigenvalue weighted by atomic mass is 16.3. The first-order valence-electron chi connectivity index (χ1n) is 6.30. The quantitative estimate of drug-likeness (QED) is 0.827. The van der Waals surface area contributed by atoms with Crippen molar-refractivity contribution in [2.45, 2.75) is 25.9 Å². The molecule has 0 aliphatic carbocycles. The van der Waals surface area contributed by atoms with Crippen molar-refractivity contribution in [1.29, 1.82) is 0 Å². The molecule has 1 amide bonds. The van der Waals surface area contributed by atoms with Gasteiger partial charge in [-0.05, 0) is 30.0 Å². The van der Waals surface area contributed by atoms with Gasteiger partial charge >= 0.3 is 0 Å². The van der Waals surface area contributed by atoms with Gasteiger partial charge in [0.25, 0.3) is 0 Å². The molecule has 1 saturated heterocycles. The lowest BCUT2D eigenvalue weighted by atomic mass is 9.95. The zero-order chi connectivity index (χ0) is 13.1. The number of phenols is 1. The average molecular weight is 249 g/mol. The molecule has 4 nitrogen and oxygen atoms in total. The normalized spacial score (nSPS) is 24.0. The number of piperidine rings is 1. The predicted octanol–water partition coefficient (Wildman–Crippen LogP) is 1.16. The molecule has 1 aromatic rings. The van der Waals surface area contributed by atoms with Gasteiger partial charge in [-0.1, -0.05) is 19.1 Å². The van der Waals surface area contributed by atoms with Crippen LogP contribution < -0.4 is 0 Å². The van der Waals surface area contributed by atoms with Gasteiger partial charge in [-0.15, -0.1) is 0 Å². The first-order chi connectivity index (χ1) is 8.56. The van der Waals surface area contributed by atoms with Gasteiger partial charge in [0, 0.05) is 13.1 Å². The summed E-state index contributed by atoms with van der Waals surface area (Å²) in [5, 5.41) is 19.1. The molecular formula is C14H19NO3. The van der Waals surface area contributed by atoms with Crippen LogP contribution in [0.15, 0.2) is 24.3 Å². The van der Waals surface area contributed by atoms with Gasteiger partial charge in [-0.25, -0.2) is 0 Å². The molecule has 1 aliphatic rings. The number of hydrogen-bond donors (Lipinski definition) is 2. The van der Waals surface area contributed by atoms with E-state index in [1.54, 1.807) is 23.1 Å². The Hall–Kier alpha value is -1.55. The second-order valence-corrected chi connectivity index (χ2v) is 5.02. The van der Waals surface area contributed by atoms with Gasteiger partial charge < -0.3 is 15.1 Å². The Morgan fingerprint density at radius 3 is 2.94 bits per heavy atom. The number of carbonyl (C=O) groups is 1. The number of likely N-dealkylation sites (tertiary alicyclic amines) is 1. The van der Waals surface area contributed by atoms with Crippen molar-refractivity contribution >= 4 is 5.91 Å². The molecule has 0 aromatic heterocycles. The molecule has 1 aromatic carbocycles. The van der Waals surface area contributed by atoms with Crippen LogP contribution in [0.5, 0.6) is 5.75 Å². The van der Waals surface area contributed by atoms with Crippen molar-refractivity contribution in [2.75, 3.05) is 13.1 Å². The van der Waals surface area contributed by atoms with E-state index in [0.717, 1.165) is 12.0 Å². The Kier molecular flexibility index (Phi) is 3.87. The topological polar surface area (TPSA) is 60.8 Å². The maximum absolute atomic E-state index is 12.1. The highest BCUT2D eigenvalue weighted by Gasteiger charge is 2.27. The number of aromatic hydroxyl groups is 1. The van der Waals surface area contributed by atoms with E-state index in [9.17, 15) is 15.0 Å². The largest absolute Gasteiger partial charge is 0.508 e. The maximum Gasteiger partial charge on any atom is 0.227 e. The summed E-state index contributed by atoms with van der Waals surface area (Å²) in [5.41, 5.74) is 0.799. The fourth-order valence-corrected chi connectivity index (χ4v) is 2.23. The molecule has 0 bridgehead atoms. The highest BCUT2D eigenvalue weighted by molar-refractivity contribution is 5.79. The van der Waals surface area contributed by atoms with E-state index < -0.39 is 6.10 Å². The van der Waals surface area contributed by atoms with Crippen molar-refractivity contribution in [3.05, 3.63) is 29.8 Å². The molecule has 2 unspecified atom stereocenters. The third-order valence-corrected chi connectivity index (χ3v) is 3.54. The van der Waals surface area contributed by atoms with E-state index in [0.29, 0.717) is 13.1 Å². The smallest absolute Gasteiger partial charge is 0.227 e. The van der Waals surface area contributed by atoms with Crippen LogP contribution in [0.1, 0.15) is 18.9 Å². The fourth-order valence-electron chi connectivity index (χ4n) is 2.23. The highest BCUT2D eigenvalue weighted by Crippen LogP contribution is 2.18. The standard InChI is InChI=1S/C14H19NO3/c1-10-5-6-15(9-13(10)17)14(18)8-11-3-2-4-12(16)7-11/h2-4,7,10,13,16-17H,5-6,8-9H2,1H3. The molecule has 4 heteroatoms. The van der Waals surface area contributed by atoms with Crippen LogP contribution in [0, 0.1) is 5.92 Å². The van der Waals surface area contributed by atoms with Crippen molar-refractivity contribution in [1.82, 2.24) is 4.90 Å². The van der Waals surface area contributed by atoms with Crippen molar-refractivity contribution in [3.8, 4) is 5.75 Å². The van der Waals surface area contributed by atoms with Gasteiger partial charge in [0.15, 0.2) is 0 Å². The Bertz CT molecular complexity index is 433. The van der Waals surface area contributed by atoms with Crippen molar-refractivity contribution in [2.24, 2.45) is 5.92 Å². The third-order valence-electron chi connectivity index (χ3n) is 3.54. The lowest BCUT2D eigenvalue weighted by molar-refractivity contribution is -0.134. The minimum Gasteiger partial charge on any atom is -0.508 e. The second kappa shape index (κ2) is 5.40. The number of carbonyl (C=O) groups excluding carboxylic acids is 1. The summed E-state index contributed by atoms with van der Waals surface area (Å²) in [7, 11) is 0. The second-order valence-electron chi connectivity index (χ2n) is 5.02. The molecule has 0 radical (unpaired) electrons. The Morgan fingerprint density at radius 2 is 2.28 bits per heavy atom. The number of aliphatic hydroxyl groups is 1. The van der Waals surface area contributed by atoms with E-state index in [4.69, 9.17) is 0 Å². The number of amides is 1. The van der Waals surface area contributed by atoms with Crippen LogP contribution in [0.2, 0.25) is 0 Å². The Labute approximate surface area is 107 Å². The fraction of sp³-hybridized carbons (Fsp3) is 0.500. The first-order valence-corrected chi connectivity index (χ1v) is 6.30. The summed E-state index contributed by atoms with van der Waals surface area (Å²) in [6, 6.07) is 6.73. The molecule has 1 heterocycles. The molecule has 2 atom stereocenters. The lowest BCUT2D eigenvalue weighted by Gasteiger charge is -2.34. The van der Waals surface area contributed by atoms with Crippen molar-refractivity contribution in [3.63, 3.8) is 0 Å². The summed E-state index contributed by atoms with van der Waals surface area (Å²) in [5.74, 6) is 0.439. The summed E-state index contributed by atoms with van der Waals surface area (Å²) >= 11 is 0. The predicted molar refractivity (Wildman–Crippen MR) is 68.2 cm³/mol. The molecule has 1 aliphatic heterocycles. The third kappa shape index (κ3) is 3.01. The number of rotatable bonds is 2. The van der Waals surface area contributed by atoms with E-state index >= 15 is 0 Å². The zero-order valence-corrected chi connectivity index (χ0v) is 10.5. The Balaban J connectivity index is 1.96. The van der Waals surface area contributed by atoms with Crippen LogP contribution in [0.4, 0.5) is 0 Å². The minimum atomic E-state index is -0.424. The van der Waals surface area contributed by atoms with Crippen LogP contribution in [0.3, 0.4) is 0 Å². The number of aliphatic hydroxyl groups excluding tert-OH is 1. The molecule has 2 rings (SSSR count). The molecular weight excluding hydrogens is 230 g/mol. The van der Waals surface area contributed by atoms with Crippen LogP contribution in [0.25, 0.3) is 0 Å². The van der Waals surface area contributed by atoms with E-state index in [1.807, 2.05) is 13.0 Å². The number of nitrogens with zero attached hydrogens (tertiary/aromatic N) is 1. The SMILES string of the molecule is CC1CCN(C(=O)Cc2cccc(O)c2)CC1O. The Morgan fingerprint density at radius 1 is 1.50 bits per heavy atom. The van der Waals surface area contributed by atoms with Crippen molar-refractivity contribution < 1.29 is 15.0 Å². The summed E-state index contributed by atoms with van der Waals surface area (Å²) in [4.78, 5) is 13.8. The van der Waals surface area contributed by atoms with Gasteiger partial charge in [0.05, 0.1) is 12.5 Å². The molecule has 2 N–H and O–H groups in total. The van der Waals surface area contributed by atoms with Crippen LogP contribution >= 0.6 is 0 Å². The number of phenolic OH excluding ortho intramolecular Hbond substituents is 1. The number of β-amino-alcohol motifs (C(OH)–C–C–N with tert-alkyl or cyclic N) is 1. The number of benzene rings is 1. The molecule has 0 saturated carbocycles. The molecule has 98 valence electrons. The summed E-state index contributed by atoms with van der Waals surface area (Å²) < 4.78 is 0. The zero-order valence-electron chi connectivity index (χ0n) is 10.5. The molecule has 0 spiro atoms. The monoisotopic (exact) mass is 249 g/mol. The van der Waals surface area contributed by atoms with Crippen LogP contribution in [-0.4, -0.2) is 40.2 Å². The van der Waals surface area contributed by atoms with Gasteiger partial charge in [0.2, 0.25) is 5.91 Å². The van der Waals surface area contributed by atoms with Gasteiger partial charge in [-0.2, -0.15) is 0 Å². The van der Waals surface area contributed by atoms with E-state index in [-0.39, 0.29) is 24.0 Å². The summed E-state index contributed by atoms with van der Waals surface area (Å²) in [6.45, 7) is 3.12. The van der Waals surface area contributed by atoms with Gasteiger partial charge in [-0.3, -0.25) is 4.79 Å². The van der Waals surface area contributed by atoms with Gasteiger partial charge in [0.1, 0.15) is 5.75 Å². The molecule has 1 fully saturated rings. The van der Waals surface area contributed by atoms with E-state index in [1.165, 1.54) is 0 Å². The summed E-state index contributed by atoms with van der Waals surface area (Å²) in [6.07, 6.45) is 0.689. The number of hydrogen-bond acceptors (Lipinski definition) is 3.